The van der Waals surface area contributed by atoms with Crippen LogP contribution in [0.25, 0.3) is 11.4 Å². The highest BCUT2D eigenvalue weighted by atomic mass is 35.5. The third-order valence-corrected chi connectivity index (χ3v) is 4.39. The molecule has 0 aliphatic rings. The average molecular weight is 374 g/mol. The van der Waals surface area contributed by atoms with E-state index in [1.165, 1.54) is 0 Å². The molecule has 26 heavy (non-hydrogen) atoms. The first-order valence-corrected chi connectivity index (χ1v) is 8.53. The first-order chi connectivity index (χ1) is 12.6. The predicted octanol–water partition coefficient (Wildman–Crippen LogP) is 4.26. The zero-order valence-electron chi connectivity index (χ0n) is 14.8. The summed E-state index contributed by atoms with van der Waals surface area (Å²) >= 11 is 6.23. The van der Waals surface area contributed by atoms with Gasteiger partial charge in [0, 0.05) is 17.1 Å². The molecular weight excluding hydrogens is 354 g/mol. The Morgan fingerprint density at radius 1 is 1.15 bits per heavy atom. The summed E-state index contributed by atoms with van der Waals surface area (Å²) in [5, 5.41) is 8.11. The number of aromatic nitrogens is 2. The number of hydrogen-bond acceptors (Lipinski definition) is 6. The molecule has 0 amide bonds. The molecule has 1 unspecified atom stereocenters. The molecule has 3 rings (SSSR count). The van der Waals surface area contributed by atoms with Gasteiger partial charge in [0.2, 0.25) is 11.7 Å². The third kappa shape index (κ3) is 3.98. The highest BCUT2D eigenvalue weighted by Crippen LogP contribution is 2.31. The molecule has 6 nitrogen and oxygen atoms in total. The van der Waals surface area contributed by atoms with Crippen molar-refractivity contribution in [3.05, 3.63) is 58.9 Å². The van der Waals surface area contributed by atoms with Crippen molar-refractivity contribution >= 4 is 11.6 Å². The van der Waals surface area contributed by atoms with Gasteiger partial charge in [0.25, 0.3) is 0 Å². The van der Waals surface area contributed by atoms with Gasteiger partial charge in [0.05, 0.1) is 26.3 Å². The lowest BCUT2D eigenvalue weighted by Gasteiger charge is -2.14. The molecule has 0 bridgehead atoms. The summed E-state index contributed by atoms with van der Waals surface area (Å²) in [6.45, 7) is 2.46. The van der Waals surface area contributed by atoms with Crippen molar-refractivity contribution in [3.8, 4) is 22.9 Å². The van der Waals surface area contributed by atoms with Crippen LogP contribution in [0.3, 0.4) is 0 Å². The summed E-state index contributed by atoms with van der Waals surface area (Å²) in [7, 11) is 3.19. The number of nitrogens with one attached hydrogen (secondary N) is 1. The van der Waals surface area contributed by atoms with Crippen molar-refractivity contribution in [2.75, 3.05) is 14.2 Å². The van der Waals surface area contributed by atoms with Crippen LogP contribution in [0.4, 0.5) is 0 Å². The molecule has 136 valence electrons. The van der Waals surface area contributed by atoms with Gasteiger partial charge in [-0.2, -0.15) is 4.98 Å². The molecule has 0 aliphatic heterocycles. The van der Waals surface area contributed by atoms with Gasteiger partial charge >= 0.3 is 0 Å². The average Bonchev–Trinajstić information content (AvgIpc) is 3.14. The zero-order valence-corrected chi connectivity index (χ0v) is 15.6. The fourth-order valence-corrected chi connectivity index (χ4v) is 2.90. The summed E-state index contributed by atoms with van der Waals surface area (Å²) in [5.41, 5.74) is 1.76. The summed E-state index contributed by atoms with van der Waals surface area (Å²) in [6.07, 6.45) is 0. The van der Waals surface area contributed by atoms with Crippen molar-refractivity contribution in [1.82, 2.24) is 15.5 Å². The zero-order chi connectivity index (χ0) is 18.5. The van der Waals surface area contributed by atoms with Gasteiger partial charge in [0.15, 0.2) is 0 Å². The van der Waals surface area contributed by atoms with E-state index in [-0.39, 0.29) is 6.04 Å². The van der Waals surface area contributed by atoms with E-state index in [4.69, 9.17) is 25.6 Å². The monoisotopic (exact) mass is 373 g/mol. The Morgan fingerprint density at radius 3 is 2.69 bits per heavy atom. The molecule has 1 heterocycles. The van der Waals surface area contributed by atoms with Crippen LogP contribution >= 0.6 is 11.6 Å². The van der Waals surface area contributed by atoms with Crippen LogP contribution in [-0.2, 0) is 6.54 Å². The Kier molecular flexibility index (Phi) is 5.75. The van der Waals surface area contributed by atoms with Crippen molar-refractivity contribution in [1.29, 1.82) is 0 Å². The SMILES string of the molecule is COc1ccc(-c2noc(CNC(C)c3ccccc3Cl)n2)c(OC)c1. The Balaban J connectivity index is 1.72. The Hall–Kier alpha value is -2.57. The van der Waals surface area contributed by atoms with Gasteiger partial charge in [0.1, 0.15) is 11.5 Å². The normalized spacial score (nSPS) is 12.0. The maximum absolute atomic E-state index is 6.23. The number of nitrogens with zero attached hydrogens (tertiary/aromatic N) is 2. The van der Waals surface area contributed by atoms with Gasteiger partial charge in [-0.15, -0.1) is 0 Å². The molecule has 0 saturated heterocycles. The molecule has 1 N–H and O–H groups in total. The number of halogens is 1. The van der Waals surface area contributed by atoms with E-state index in [9.17, 15) is 0 Å². The molecule has 2 aromatic carbocycles. The van der Waals surface area contributed by atoms with Crippen molar-refractivity contribution < 1.29 is 14.0 Å². The van der Waals surface area contributed by atoms with Crippen molar-refractivity contribution in [2.45, 2.75) is 19.5 Å². The van der Waals surface area contributed by atoms with Gasteiger partial charge < -0.3 is 19.3 Å². The Bertz CT molecular complexity index is 882. The van der Waals surface area contributed by atoms with E-state index >= 15 is 0 Å². The second-order valence-corrected chi connectivity index (χ2v) is 6.11. The van der Waals surface area contributed by atoms with Gasteiger partial charge in [-0.25, -0.2) is 0 Å². The minimum absolute atomic E-state index is 0.0505. The van der Waals surface area contributed by atoms with E-state index in [1.807, 2.05) is 43.3 Å². The number of benzene rings is 2. The summed E-state index contributed by atoms with van der Waals surface area (Å²) in [5.74, 6) is 2.27. The van der Waals surface area contributed by atoms with Crippen molar-refractivity contribution in [3.63, 3.8) is 0 Å². The smallest absolute Gasteiger partial charge is 0.240 e. The van der Waals surface area contributed by atoms with Gasteiger partial charge in [-0.05, 0) is 30.7 Å². The topological polar surface area (TPSA) is 69.4 Å². The number of ether oxygens (including phenoxy) is 2. The maximum Gasteiger partial charge on any atom is 0.240 e. The second-order valence-electron chi connectivity index (χ2n) is 5.70. The lowest BCUT2D eigenvalue weighted by atomic mass is 10.1. The molecule has 1 atom stereocenters. The Morgan fingerprint density at radius 2 is 1.96 bits per heavy atom. The van der Waals surface area contributed by atoms with E-state index in [0.717, 1.165) is 16.1 Å². The summed E-state index contributed by atoms with van der Waals surface area (Å²) < 4.78 is 15.9. The highest BCUT2D eigenvalue weighted by molar-refractivity contribution is 6.31. The fourth-order valence-electron chi connectivity index (χ4n) is 2.60. The van der Waals surface area contributed by atoms with Crippen LogP contribution in [-0.4, -0.2) is 24.4 Å². The van der Waals surface area contributed by atoms with Crippen LogP contribution in [0.15, 0.2) is 47.0 Å². The fraction of sp³-hybridized carbons (Fsp3) is 0.263. The first kappa shape index (κ1) is 18.2. The summed E-state index contributed by atoms with van der Waals surface area (Å²) in [4.78, 5) is 4.44. The Labute approximate surface area is 157 Å². The number of hydrogen-bond donors (Lipinski definition) is 1. The van der Waals surface area contributed by atoms with Crippen LogP contribution in [0.2, 0.25) is 5.02 Å². The molecular formula is C19H20ClN3O3. The molecule has 0 aliphatic carbocycles. The van der Waals surface area contributed by atoms with E-state index in [0.29, 0.717) is 29.8 Å². The van der Waals surface area contributed by atoms with Gasteiger partial charge in [-0.1, -0.05) is 35.0 Å². The maximum atomic E-state index is 6.23. The minimum Gasteiger partial charge on any atom is -0.497 e. The highest BCUT2D eigenvalue weighted by Gasteiger charge is 2.15. The molecule has 0 spiro atoms. The van der Waals surface area contributed by atoms with E-state index in [2.05, 4.69) is 15.5 Å². The minimum atomic E-state index is 0.0505. The lowest BCUT2D eigenvalue weighted by Crippen LogP contribution is -2.18. The van der Waals surface area contributed by atoms with Crippen LogP contribution < -0.4 is 14.8 Å². The van der Waals surface area contributed by atoms with Gasteiger partial charge in [-0.3, -0.25) is 0 Å². The molecule has 0 fully saturated rings. The predicted molar refractivity (Wildman–Crippen MR) is 99.5 cm³/mol. The molecule has 1 aromatic heterocycles. The number of methoxy groups -OCH3 is 2. The molecule has 0 saturated carbocycles. The van der Waals surface area contributed by atoms with Crippen molar-refractivity contribution in [2.24, 2.45) is 0 Å². The van der Waals surface area contributed by atoms with E-state index < -0.39 is 0 Å². The lowest BCUT2D eigenvalue weighted by molar-refractivity contribution is 0.360. The third-order valence-electron chi connectivity index (χ3n) is 4.05. The summed E-state index contributed by atoms with van der Waals surface area (Å²) in [6, 6.07) is 13.2. The first-order valence-electron chi connectivity index (χ1n) is 8.15. The standard InChI is InChI=1S/C19H20ClN3O3/c1-12(14-6-4-5-7-16(14)20)21-11-18-22-19(23-26-18)15-9-8-13(24-2)10-17(15)25-3/h4-10,12,21H,11H2,1-3H3. The largest absolute Gasteiger partial charge is 0.497 e. The number of rotatable bonds is 7. The quantitative estimate of drug-likeness (QED) is 0.667. The molecule has 7 heteroatoms. The van der Waals surface area contributed by atoms with Crippen LogP contribution in [0.1, 0.15) is 24.4 Å². The van der Waals surface area contributed by atoms with Crippen LogP contribution in [0.5, 0.6) is 11.5 Å². The molecule has 0 radical (unpaired) electrons. The van der Waals surface area contributed by atoms with Crippen LogP contribution in [0, 0.1) is 0 Å². The second kappa shape index (κ2) is 8.21. The molecule has 3 aromatic rings. The van der Waals surface area contributed by atoms with E-state index in [1.54, 1.807) is 20.3 Å².